The van der Waals surface area contributed by atoms with Crippen molar-refractivity contribution in [1.82, 2.24) is 4.98 Å². The zero-order valence-electron chi connectivity index (χ0n) is 11.0. The molecule has 100 valence electrons. The molecule has 19 heavy (non-hydrogen) atoms. The van der Waals surface area contributed by atoms with Crippen LogP contribution in [0.2, 0.25) is 0 Å². The van der Waals surface area contributed by atoms with E-state index in [2.05, 4.69) is 21.3 Å². The number of nitriles is 1. The van der Waals surface area contributed by atoms with Gasteiger partial charge in [-0.1, -0.05) is 12.2 Å². The first kappa shape index (κ1) is 12.6. The van der Waals surface area contributed by atoms with Crippen molar-refractivity contribution in [1.29, 1.82) is 5.26 Å². The number of quaternary nitrogens is 1. The molecule has 1 aliphatic heterocycles. The van der Waals surface area contributed by atoms with Crippen molar-refractivity contribution in [2.45, 2.75) is 25.7 Å². The first-order chi connectivity index (χ1) is 9.31. The Kier molecular flexibility index (Phi) is 3.54. The van der Waals surface area contributed by atoms with Crippen LogP contribution >= 0.6 is 12.2 Å². The van der Waals surface area contributed by atoms with Crippen molar-refractivity contribution in [2.75, 3.05) is 31.1 Å². The van der Waals surface area contributed by atoms with E-state index in [1.54, 1.807) is 0 Å². The molecule has 0 atom stereocenters. The quantitative estimate of drug-likeness (QED) is 0.748. The summed E-state index contributed by atoms with van der Waals surface area (Å²) in [5.41, 5.74) is 3.26. The van der Waals surface area contributed by atoms with Crippen LogP contribution in [0.5, 0.6) is 0 Å². The van der Waals surface area contributed by atoms with Gasteiger partial charge in [0.25, 0.3) is 0 Å². The van der Waals surface area contributed by atoms with Crippen LogP contribution in [-0.4, -0.2) is 31.2 Å². The van der Waals surface area contributed by atoms with E-state index < -0.39 is 0 Å². The molecule has 3 rings (SSSR count). The largest absolute Gasteiger partial charge is 0.347 e. The Hall–Kier alpha value is -1.38. The number of aromatic nitrogens is 1. The summed E-state index contributed by atoms with van der Waals surface area (Å²) in [6.07, 6.45) is 4.47. The highest BCUT2D eigenvalue weighted by Gasteiger charge is 2.23. The second kappa shape index (κ2) is 5.32. The summed E-state index contributed by atoms with van der Waals surface area (Å²) in [7, 11) is 0. The maximum absolute atomic E-state index is 9.32. The molecule has 1 aliphatic carbocycles. The Labute approximate surface area is 118 Å². The van der Waals surface area contributed by atoms with E-state index in [0.717, 1.165) is 39.0 Å². The zero-order chi connectivity index (χ0) is 13.2. The molecule has 2 aliphatic rings. The normalized spacial score (nSPS) is 18.8. The number of aromatic amines is 1. The molecule has 0 bridgehead atoms. The lowest BCUT2D eigenvalue weighted by molar-refractivity contribution is -0.655. The maximum Gasteiger partial charge on any atom is 0.123 e. The van der Waals surface area contributed by atoms with E-state index in [1.165, 1.54) is 29.8 Å². The van der Waals surface area contributed by atoms with Gasteiger partial charge in [0.05, 0.1) is 31.7 Å². The van der Waals surface area contributed by atoms with Crippen LogP contribution in [0.1, 0.15) is 29.5 Å². The van der Waals surface area contributed by atoms with Crippen LogP contribution in [0.4, 0.5) is 5.82 Å². The van der Waals surface area contributed by atoms with Gasteiger partial charge < -0.3 is 15.2 Å². The van der Waals surface area contributed by atoms with Gasteiger partial charge >= 0.3 is 0 Å². The lowest BCUT2D eigenvalue weighted by Crippen LogP contribution is -2.89. The van der Waals surface area contributed by atoms with Crippen LogP contribution in [0.25, 0.3) is 0 Å². The molecule has 1 aromatic rings. The number of fused-ring (bicyclic) bond motifs is 1. The summed E-state index contributed by atoms with van der Waals surface area (Å²) in [4.78, 5) is 5.73. The lowest BCUT2D eigenvalue weighted by Gasteiger charge is -2.31. The third-order valence-corrected chi connectivity index (χ3v) is 4.45. The SMILES string of the molecule is N#Cc1c2c(c(N3CC[NH2+]CC3)[nH]c1=S)CCCC2. The van der Waals surface area contributed by atoms with E-state index in [1.807, 2.05) is 0 Å². The zero-order valence-corrected chi connectivity index (χ0v) is 11.9. The molecule has 1 fully saturated rings. The predicted octanol–water partition coefficient (Wildman–Crippen LogP) is 0.878. The number of nitrogens with two attached hydrogens (primary N) is 1. The second-order valence-electron chi connectivity index (χ2n) is 5.31. The maximum atomic E-state index is 9.32. The van der Waals surface area contributed by atoms with Gasteiger partial charge in [-0.3, -0.25) is 0 Å². The van der Waals surface area contributed by atoms with Gasteiger partial charge in [-0.05, 0) is 36.8 Å². The number of nitrogens with zero attached hydrogens (tertiary/aromatic N) is 2. The van der Waals surface area contributed by atoms with Crippen LogP contribution in [0.15, 0.2) is 0 Å². The molecule has 2 heterocycles. The molecule has 1 aromatic heterocycles. The molecular formula is C14H19N4S+. The molecule has 1 saturated heterocycles. The van der Waals surface area contributed by atoms with Crippen molar-refractivity contribution in [2.24, 2.45) is 0 Å². The topological polar surface area (TPSA) is 59.4 Å². The molecule has 4 nitrogen and oxygen atoms in total. The van der Waals surface area contributed by atoms with Crippen molar-refractivity contribution in [3.8, 4) is 6.07 Å². The van der Waals surface area contributed by atoms with E-state index >= 15 is 0 Å². The summed E-state index contributed by atoms with van der Waals surface area (Å²) >= 11 is 5.38. The fraction of sp³-hybridized carbons (Fsp3) is 0.571. The third kappa shape index (κ3) is 2.26. The Morgan fingerprint density at radius 3 is 2.53 bits per heavy atom. The minimum Gasteiger partial charge on any atom is -0.347 e. The van der Waals surface area contributed by atoms with Crippen molar-refractivity contribution in [3.05, 3.63) is 21.3 Å². The van der Waals surface area contributed by atoms with Gasteiger partial charge in [0.2, 0.25) is 0 Å². The predicted molar refractivity (Wildman–Crippen MR) is 76.9 cm³/mol. The standard InChI is InChI=1S/C14H18N4S/c15-9-12-10-3-1-2-4-11(10)13(17-14(12)19)18-7-5-16-6-8-18/h16H,1-8H2,(H,17,19)/p+1. The monoisotopic (exact) mass is 275 g/mol. The second-order valence-corrected chi connectivity index (χ2v) is 5.72. The number of rotatable bonds is 1. The number of pyridine rings is 1. The first-order valence-corrected chi connectivity index (χ1v) is 7.47. The van der Waals surface area contributed by atoms with E-state index in [-0.39, 0.29) is 0 Å². The molecule has 0 amide bonds. The van der Waals surface area contributed by atoms with Crippen molar-refractivity contribution in [3.63, 3.8) is 0 Å². The number of H-pyrrole nitrogens is 1. The molecule has 0 saturated carbocycles. The van der Waals surface area contributed by atoms with Gasteiger partial charge in [-0.2, -0.15) is 5.26 Å². The van der Waals surface area contributed by atoms with Crippen LogP contribution in [0, 0.1) is 16.0 Å². The molecular weight excluding hydrogens is 256 g/mol. The lowest BCUT2D eigenvalue weighted by atomic mass is 9.89. The van der Waals surface area contributed by atoms with Crippen molar-refractivity contribution < 1.29 is 5.32 Å². The minimum atomic E-state index is 0.618. The Bertz CT molecular complexity index is 578. The average molecular weight is 275 g/mol. The van der Waals surface area contributed by atoms with Crippen LogP contribution in [0.3, 0.4) is 0 Å². The molecule has 0 aromatic carbocycles. The highest BCUT2D eigenvalue weighted by Crippen LogP contribution is 2.31. The Morgan fingerprint density at radius 2 is 1.84 bits per heavy atom. The Morgan fingerprint density at radius 1 is 1.16 bits per heavy atom. The Balaban J connectivity index is 2.12. The van der Waals surface area contributed by atoms with Crippen LogP contribution in [-0.2, 0) is 12.8 Å². The van der Waals surface area contributed by atoms with Gasteiger partial charge in [-0.15, -0.1) is 0 Å². The number of hydrogen-bond acceptors (Lipinski definition) is 3. The van der Waals surface area contributed by atoms with Gasteiger partial charge in [0.1, 0.15) is 16.5 Å². The van der Waals surface area contributed by atoms with Gasteiger partial charge in [-0.25, -0.2) is 0 Å². The van der Waals surface area contributed by atoms with Gasteiger partial charge in [0.15, 0.2) is 0 Å². The summed E-state index contributed by atoms with van der Waals surface area (Å²) in [5, 5.41) is 11.7. The molecule has 0 unspecified atom stereocenters. The average Bonchev–Trinajstić information content (AvgIpc) is 2.47. The van der Waals surface area contributed by atoms with Gasteiger partial charge in [0, 0.05) is 0 Å². The molecule has 0 spiro atoms. The highest BCUT2D eigenvalue weighted by atomic mass is 32.1. The van der Waals surface area contributed by atoms with Crippen LogP contribution < -0.4 is 10.2 Å². The number of piperazine rings is 1. The fourth-order valence-electron chi connectivity index (χ4n) is 3.19. The van der Waals surface area contributed by atoms with Crippen molar-refractivity contribution >= 4 is 18.0 Å². The summed E-state index contributed by atoms with van der Waals surface area (Å²) in [6.45, 7) is 4.39. The molecule has 0 radical (unpaired) electrons. The minimum absolute atomic E-state index is 0.618. The molecule has 3 N–H and O–H groups in total. The summed E-state index contributed by atoms with van der Waals surface area (Å²) < 4.78 is 0.618. The summed E-state index contributed by atoms with van der Waals surface area (Å²) in [6, 6.07) is 2.29. The van der Waals surface area contributed by atoms with E-state index in [4.69, 9.17) is 12.2 Å². The first-order valence-electron chi connectivity index (χ1n) is 7.06. The van der Waals surface area contributed by atoms with E-state index in [0.29, 0.717) is 10.2 Å². The number of anilines is 1. The summed E-state index contributed by atoms with van der Waals surface area (Å²) in [5.74, 6) is 1.19. The smallest absolute Gasteiger partial charge is 0.123 e. The molecule has 5 heteroatoms. The number of hydrogen-bond donors (Lipinski definition) is 2. The number of nitrogens with one attached hydrogen (secondary N) is 1. The third-order valence-electron chi connectivity index (χ3n) is 4.15. The highest BCUT2D eigenvalue weighted by molar-refractivity contribution is 7.71. The fourth-order valence-corrected chi connectivity index (χ4v) is 3.45. The van der Waals surface area contributed by atoms with E-state index in [9.17, 15) is 5.26 Å².